The predicted molar refractivity (Wildman–Crippen MR) is 110 cm³/mol. The molecule has 0 saturated carbocycles. The average molecular weight is 619 g/mol. The first-order valence-electron chi connectivity index (χ1n) is 10.3. The molecule has 0 atom stereocenters. The van der Waals surface area contributed by atoms with E-state index in [0.717, 1.165) is 23.5 Å². The highest BCUT2D eigenvalue weighted by molar-refractivity contribution is 5.98. The standard InChI is InChI=1S/C23H12F15NO2/c1-41-14-10-7-12(8-11-14)6-9-13-4-2-3-5-15(13)39-16(40)17(24,25)18(26,27)19(28,29)20(30,31)21(32,33)22(34,35)23(36,37)38/h2-5,7-8,10-11H,1H3,(H,39,40). The molecule has 0 radical (unpaired) electrons. The molecular formula is C23H12F15NO2. The van der Waals surface area contributed by atoms with Crippen LogP contribution in [0.15, 0.2) is 48.5 Å². The number of nitrogens with one attached hydrogen (secondary N) is 1. The van der Waals surface area contributed by atoms with Gasteiger partial charge in [0, 0.05) is 11.1 Å². The van der Waals surface area contributed by atoms with Crippen LogP contribution in [0.5, 0.6) is 5.75 Å². The molecule has 0 aliphatic rings. The molecule has 0 spiro atoms. The number of methoxy groups -OCH3 is 1. The van der Waals surface area contributed by atoms with Crippen molar-refractivity contribution in [3.63, 3.8) is 0 Å². The maximum absolute atomic E-state index is 14.2. The average Bonchev–Trinajstić information content (AvgIpc) is 2.87. The summed E-state index contributed by atoms with van der Waals surface area (Å²) in [5.41, 5.74) is -1.18. The molecule has 0 aliphatic heterocycles. The number of alkyl halides is 15. The van der Waals surface area contributed by atoms with E-state index in [1.807, 2.05) is 0 Å². The molecule has 0 aromatic heterocycles. The first kappa shape index (κ1) is 33.4. The van der Waals surface area contributed by atoms with Crippen LogP contribution in [0, 0.1) is 11.8 Å². The molecular weight excluding hydrogens is 607 g/mol. The molecule has 1 N–H and O–H groups in total. The van der Waals surface area contributed by atoms with Crippen molar-refractivity contribution in [3.8, 4) is 17.6 Å². The van der Waals surface area contributed by atoms with Crippen LogP contribution >= 0.6 is 0 Å². The van der Waals surface area contributed by atoms with E-state index in [1.54, 1.807) is 0 Å². The number of carbonyl (C=O) groups is 1. The van der Waals surface area contributed by atoms with E-state index in [9.17, 15) is 70.7 Å². The zero-order valence-electron chi connectivity index (χ0n) is 19.6. The van der Waals surface area contributed by atoms with Gasteiger partial charge in [-0.25, -0.2) is 0 Å². The van der Waals surface area contributed by atoms with E-state index < -0.39 is 58.9 Å². The van der Waals surface area contributed by atoms with Gasteiger partial charge in [0.05, 0.1) is 12.8 Å². The summed E-state index contributed by atoms with van der Waals surface area (Å²) < 4.78 is 205. The number of carbonyl (C=O) groups excluding carboxylic acids is 1. The van der Waals surface area contributed by atoms with E-state index in [-0.39, 0.29) is 5.56 Å². The molecule has 226 valence electrons. The number of amides is 1. The van der Waals surface area contributed by atoms with Crippen molar-refractivity contribution < 1.29 is 75.4 Å². The van der Waals surface area contributed by atoms with E-state index in [0.29, 0.717) is 11.8 Å². The Hall–Kier alpha value is -3.78. The van der Waals surface area contributed by atoms with Crippen LogP contribution in [-0.2, 0) is 4.79 Å². The van der Waals surface area contributed by atoms with Crippen molar-refractivity contribution >= 4 is 11.6 Å². The molecule has 3 nitrogen and oxygen atoms in total. The Labute approximate surface area is 219 Å². The summed E-state index contributed by atoms with van der Waals surface area (Å²) in [6.07, 6.45) is -7.72. The maximum Gasteiger partial charge on any atom is 0.460 e. The fourth-order valence-corrected chi connectivity index (χ4v) is 2.83. The summed E-state index contributed by atoms with van der Waals surface area (Å²) in [4.78, 5) is 11.9. The summed E-state index contributed by atoms with van der Waals surface area (Å²) in [5, 5.41) is 0.943. The van der Waals surface area contributed by atoms with Crippen LogP contribution in [0.4, 0.5) is 71.5 Å². The van der Waals surface area contributed by atoms with Gasteiger partial charge in [0.15, 0.2) is 0 Å². The van der Waals surface area contributed by atoms with Crippen LogP contribution < -0.4 is 10.1 Å². The molecule has 2 aromatic rings. The number of benzene rings is 2. The highest BCUT2D eigenvalue weighted by Gasteiger charge is 2.94. The first-order chi connectivity index (χ1) is 18.4. The molecule has 0 aliphatic carbocycles. The molecule has 18 heteroatoms. The minimum Gasteiger partial charge on any atom is -0.497 e. The van der Waals surface area contributed by atoms with Crippen LogP contribution in [0.2, 0.25) is 0 Å². The number of anilines is 1. The smallest absolute Gasteiger partial charge is 0.460 e. The molecule has 0 fully saturated rings. The minimum atomic E-state index is -8.49. The zero-order valence-corrected chi connectivity index (χ0v) is 19.6. The lowest BCUT2D eigenvalue weighted by Crippen LogP contribution is -2.73. The van der Waals surface area contributed by atoms with Gasteiger partial charge in [0.1, 0.15) is 5.75 Å². The van der Waals surface area contributed by atoms with Crippen molar-refractivity contribution in [1.82, 2.24) is 0 Å². The van der Waals surface area contributed by atoms with E-state index in [2.05, 4.69) is 11.8 Å². The second kappa shape index (κ2) is 10.6. The van der Waals surface area contributed by atoms with Gasteiger partial charge in [0.2, 0.25) is 0 Å². The van der Waals surface area contributed by atoms with Gasteiger partial charge in [-0.3, -0.25) is 4.79 Å². The van der Waals surface area contributed by atoms with Gasteiger partial charge in [-0.1, -0.05) is 24.0 Å². The zero-order chi connectivity index (χ0) is 31.9. The molecule has 0 heterocycles. The van der Waals surface area contributed by atoms with Gasteiger partial charge >= 0.3 is 47.6 Å². The second-order valence-corrected chi connectivity index (χ2v) is 7.92. The van der Waals surface area contributed by atoms with Crippen molar-refractivity contribution in [2.24, 2.45) is 0 Å². The predicted octanol–water partition coefficient (Wildman–Crippen LogP) is 7.41. The van der Waals surface area contributed by atoms with Crippen LogP contribution in [0.3, 0.4) is 0 Å². The van der Waals surface area contributed by atoms with Gasteiger partial charge < -0.3 is 10.1 Å². The van der Waals surface area contributed by atoms with Gasteiger partial charge in [-0.2, -0.15) is 65.9 Å². The molecule has 2 rings (SSSR count). The third kappa shape index (κ3) is 5.45. The summed E-state index contributed by atoms with van der Waals surface area (Å²) in [6, 6.07) is 9.34. The number of hydrogen-bond donors (Lipinski definition) is 1. The number of ether oxygens (including phenoxy) is 1. The fraction of sp³-hybridized carbons (Fsp3) is 0.348. The monoisotopic (exact) mass is 619 g/mol. The fourth-order valence-electron chi connectivity index (χ4n) is 2.83. The molecule has 0 unspecified atom stereocenters. The Kier molecular flexibility index (Phi) is 8.61. The Bertz CT molecular complexity index is 1320. The number of hydrogen-bond acceptors (Lipinski definition) is 2. The van der Waals surface area contributed by atoms with Crippen molar-refractivity contribution in [3.05, 3.63) is 59.7 Å². The minimum absolute atomic E-state index is 0.224. The summed E-state index contributed by atoms with van der Waals surface area (Å²) in [5.74, 6) is -46.9. The van der Waals surface area contributed by atoms with Crippen molar-refractivity contribution in [2.75, 3.05) is 12.4 Å². The summed E-state index contributed by atoms with van der Waals surface area (Å²) in [6.45, 7) is 0. The highest BCUT2D eigenvalue weighted by Crippen LogP contribution is 2.62. The van der Waals surface area contributed by atoms with Gasteiger partial charge in [0.25, 0.3) is 0 Å². The Balaban J connectivity index is 2.46. The van der Waals surface area contributed by atoms with Crippen LogP contribution in [0.25, 0.3) is 0 Å². The lowest BCUT2D eigenvalue weighted by molar-refractivity contribution is -0.449. The quantitative estimate of drug-likeness (QED) is 0.247. The van der Waals surface area contributed by atoms with Gasteiger partial charge in [-0.15, -0.1) is 0 Å². The molecule has 0 bridgehead atoms. The summed E-state index contributed by atoms with van der Waals surface area (Å²) >= 11 is 0. The highest BCUT2D eigenvalue weighted by atomic mass is 19.4. The Morgan fingerprint density at radius 3 is 1.59 bits per heavy atom. The van der Waals surface area contributed by atoms with E-state index in [4.69, 9.17) is 4.74 Å². The first-order valence-corrected chi connectivity index (χ1v) is 10.3. The topological polar surface area (TPSA) is 38.3 Å². The maximum atomic E-state index is 14.2. The Morgan fingerprint density at radius 2 is 1.10 bits per heavy atom. The molecule has 41 heavy (non-hydrogen) atoms. The van der Waals surface area contributed by atoms with Crippen molar-refractivity contribution in [2.45, 2.75) is 41.7 Å². The molecule has 2 aromatic carbocycles. The lowest BCUT2D eigenvalue weighted by atomic mass is 9.90. The number of halogens is 15. The van der Waals surface area contributed by atoms with E-state index >= 15 is 0 Å². The molecule has 1 amide bonds. The molecule has 0 saturated heterocycles. The SMILES string of the molecule is COc1ccc(C#Cc2ccccc2NC(=O)C(F)(F)C(F)(F)C(F)(F)C(F)(F)C(F)(F)C(F)(F)C(F)(F)F)cc1. The Morgan fingerprint density at radius 1 is 0.634 bits per heavy atom. The van der Waals surface area contributed by atoms with E-state index in [1.165, 1.54) is 31.4 Å². The number of rotatable bonds is 8. The largest absolute Gasteiger partial charge is 0.497 e. The number of para-hydroxylation sites is 1. The van der Waals surface area contributed by atoms with Gasteiger partial charge in [-0.05, 0) is 36.4 Å². The normalized spacial score (nSPS) is 13.8. The van der Waals surface area contributed by atoms with Crippen molar-refractivity contribution in [1.29, 1.82) is 0 Å². The summed E-state index contributed by atoms with van der Waals surface area (Å²) in [7, 11) is 1.33. The third-order valence-electron chi connectivity index (χ3n) is 5.22. The third-order valence-corrected chi connectivity index (χ3v) is 5.22. The lowest BCUT2D eigenvalue weighted by Gasteiger charge is -2.41. The van der Waals surface area contributed by atoms with Crippen LogP contribution in [0.1, 0.15) is 11.1 Å². The van der Waals surface area contributed by atoms with Crippen LogP contribution in [-0.4, -0.2) is 54.7 Å². The second-order valence-electron chi connectivity index (χ2n) is 7.92.